The van der Waals surface area contributed by atoms with Crippen LogP contribution in [0.2, 0.25) is 0 Å². The summed E-state index contributed by atoms with van der Waals surface area (Å²) in [6, 6.07) is 0. The van der Waals surface area contributed by atoms with Crippen LogP contribution in [0, 0.1) is 0 Å². The second-order valence-corrected chi connectivity index (χ2v) is 4.14. The van der Waals surface area contributed by atoms with Gasteiger partial charge in [-0.05, 0) is 0 Å². The quantitative estimate of drug-likeness (QED) is 0.405. The summed E-state index contributed by atoms with van der Waals surface area (Å²) in [4.78, 5) is 0. The molecule has 0 aliphatic heterocycles. The van der Waals surface area contributed by atoms with E-state index in [1.54, 1.807) is 0 Å². The average molecular weight is 126 g/mol. The Balaban J connectivity index is 2.99. The molecule has 0 rings (SSSR count). The summed E-state index contributed by atoms with van der Waals surface area (Å²) in [7, 11) is -1.47. The van der Waals surface area contributed by atoms with E-state index in [-0.39, 0.29) is 5.66 Å². The van der Waals surface area contributed by atoms with E-state index in [0.717, 1.165) is 0 Å². The maximum Gasteiger partial charge on any atom is 0.141 e. The zero-order chi connectivity index (χ0) is 5.15. The van der Waals surface area contributed by atoms with Crippen LogP contribution in [0.3, 0.4) is 0 Å². The summed E-state index contributed by atoms with van der Waals surface area (Å²) in [5, 5.41) is 0. The Kier molecular flexibility index (Phi) is 3.15. The Morgan fingerprint density at radius 2 is 1.83 bits per heavy atom. The van der Waals surface area contributed by atoms with Crippen LogP contribution in [-0.2, 0) is 0 Å². The molecule has 0 N–H and O–H groups in total. The summed E-state index contributed by atoms with van der Waals surface area (Å²) >= 11 is 3.59. The van der Waals surface area contributed by atoms with Crippen molar-refractivity contribution in [3.63, 3.8) is 0 Å². The molecule has 0 aromatic rings. The van der Waals surface area contributed by atoms with Gasteiger partial charge in [-0.15, -0.1) is 12.2 Å². The van der Waals surface area contributed by atoms with E-state index in [1.807, 2.05) is 13.8 Å². The first-order valence-corrected chi connectivity index (χ1v) is 4.24. The molecule has 0 nitrogen and oxygen atoms in total. The number of rotatable bonds is 1. The van der Waals surface area contributed by atoms with Crippen molar-refractivity contribution >= 4 is 19.7 Å². The molecule has 3 heteroatoms. The minimum absolute atomic E-state index is 0.114. The van der Waals surface area contributed by atoms with Crippen LogP contribution in [0.1, 0.15) is 13.8 Å². The first-order chi connectivity index (χ1) is 2.64. The Morgan fingerprint density at radius 1 is 1.67 bits per heavy atom. The van der Waals surface area contributed by atoms with Crippen molar-refractivity contribution in [1.82, 2.24) is 0 Å². The molecule has 0 aliphatic carbocycles. The van der Waals surface area contributed by atoms with Crippen molar-refractivity contribution in [3.05, 3.63) is 0 Å². The Hall–Kier alpha value is 0.710. The third kappa shape index (κ3) is 2.92. The van der Waals surface area contributed by atoms with Gasteiger partial charge in [-0.2, -0.15) is 0 Å². The molecule has 0 spiro atoms. The van der Waals surface area contributed by atoms with Crippen molar-refractivity contribution in [2.75, 3.05) is 0 Å². The van der Waals surface area contributed by atoms with Crippen LogP contribution >= 0.6 is 19.7 Å². The van der Waals surface area contributed by atoms with E-state index in [4.69, 9.17) is 0 Å². The zero-order valence-electron chi connectivity index (χ0n) is 3.85. The fourth-order valence-electron chi connectivity index (χ4n) is 0. The summed E-state index contributed by atoms with van der Waals surface area (Å²) in [5.74, 6) is 0. The summed E-state index contributed by atoms with van der Waals surface area (Å²) in [6.45, 7) is 3.64. The lowest BCUT2D eigenvalue weighted by atomic mass is 10.6. The fraction of sp³-hybridized carbons (Fsp3) is 1.00. The van der Waals surface area contributed by atoms with E-state index >= 15 is 0 Å². The van der Waals surface area contributed by atoms with Crippen LogP contribution in [-0.4, -0.2) is 5.66 Å². The van der Waals surface area contributed by atoms with E-state index in [9.17, 15) is 4.20 Å². The summed E-state index contributed by atoms with van der Waals surface area (Å²) in [5.41, 5.74) is 0.114. The van der Waals surface area contributed by atoms with Crippen molar-refractivity contribution in [2.24, 2.45) is 0 Å². The van der Waals surface area contributed by atoms with Gasteiger partial charge < -0.3 is 0 Å². The Morgan fingerprint density at radius 3 is 1.83 bits per heavy atom. The minimum atomic E-state index is -1.47. The average Bonchev–Trinajstić information content (AvgIpc) is 1.36. The molecule has 0 saturated heterocycles. The molecular weight excluding hydrogens is 118 g/mol. The normalized spacial score (nSPS) is 15.5. The molecule has 1 unspecified atom stereocenters. The molecule has 0 aromatic carbocycles. The molecule has 0 heterocycles. The van der Waals surface area contributed by atoms with Gasteiger partial charge in [-0.25, -0.2) is 4.20 Å². The topological polar surface area (TPSA) is 0 Å². The summed E-state index contributed by atoms with van der Waals surface area (Å²) in [6.07, 6.45) is 0. The maximum atomic E-state index is 11.8. The molecule has 0 saturated carbocycles. The first kappa shape index (κ1) is 6.71. The molecule has 6 heavy (non-hydrogen) atoms. The van der Waals surface area contributed by atoms with E-state index < -0.39 is 7.43 Å². The second kappa shape index (κ2) is 2.81. The number of thiol groups is 1. The van der Waals surface area contributed by atoms with Gasteiger partial charge in [0.1, 0.15) is 7.43 Å². The molecule has 38 valence electrons. The highest BCUT2D eigenvalue weighted by Gasteiger charge is 2.02. The predicted molar refractivity (Wildman–Crippen MR) is 32.1 cm³/mol. The molecule has 0 radical (unpaired) electrons. The predicted octanol–water partition coefficient (Wildman–Crippen LogP) is 2.61. The van der Waals surface area contributed by atoms with Gasteiger partial charge in [0, 0.05) is 5.66 Å². The maximum absolute atomic E-state index is 11.8. The molecule has 0 fully saturated rings. The monoisotopic (exact) mass is 126 g/mol. The van der Waals surface area contributed by atoms with E-state index in [0.29, 0.717) is 0 Å². The molecule has 0 aromatic heterocycles. The third-order valence-electron chi connectivity index (χ3n) is 0.426. The lowest BCUT2D eigenvalue weighted by molar-refractivity contribution is 0.876. The van der Waals surface area contributed by atoms with Gasteiger partial charge in [-0.1, -0.05) is 13.8 Å². The van der Waals surface area contributed by atoms with Crippen LogP contribution in [0.4, 0.5) is 4.20 Å². The third-order valence-corrected chi connectivity index (χ3v) is 2.66. The molecule has 0 aliphatic rings. The highest BCUT2D eigenvalue weighted by molar-refractivity contribution is 8.43. The van der Waals surface area contributed by atoms with Crippen LogP contribution < -0.4 is 0 Å². The van der Waals surface area contributed by atoms with Crippen LogP contribution in [0.5, 0.6) is 0 Å². The van der Waals surface area contributed by atoms with Crippen molar-refractivity contribution in [3.8, 4) is 0 Å². The van der Waals surface area contributed by atoms with Crippen LogP contribution in [0.25, 0.3) is 0 Å². The van der Waals surface area contributed by atoms with Crippen molar-refractivity contribution < 1.29 is 4.20 Å². The lowest BCUT2D eigenvalue weighted by Crippen LogP contribution is -1.79. The van der Waals surface area contributed by atoms with Gasteiger partial charge in [0.25, 0.3) is 0 Å². The standard InChI is InChI=1S/C3H8FPS/c1-3(2)5(4)6/h3,6H,1-2H3. The molecule has 1 atom stereocenters. The minimum Gasteiger partial charge on any atom is -0.215 e. The number of halogens is 1. The van der Waals surface area contributed by atoms with Crippen LogP contribution in [0.15, 0.2) is 0 Å². The zero-order valence-corrected chi connectivity index (χ0v) is 5.64. The van der Waals surface area contributed by atoms with E-state index in [2.05, 4.69) is 12.2 Å². The summed E-state index contributed by atoms with van der Waals surface area (Å²) < 4.78 is 11.8. The van der Waals surface area contributed by atoms with Gasteiger partial charge in [0.05, 0.1) is 0 Å². The Bertz CT molecular complexity index is 31.8. The number of hydrogen-bond donors (Lipinski definition) is 1. The molecular formula is C3H8FPS. The second-order valence-electron chi connectivity index (χ2n) is 1.38. The Labute approximate surface area is 44.2 Å². The van der Waals surface area contributed by atoms with E-state index in [1.165, 1.54) is 0 Å². The van der Waals surface area contributed by atoms with Gasteiger partial charge >= 0.3 is 0 Å². The number of hydrogen-bond acceptors (Lipinski definition) is 1. The lowest BCUT2D eigenvalue weighted by Gasteiger charge is -1.99. The molecule has 0 amide bonds. The molecule has 0 bridgehead atoms. The SMILES string of the molecule is CC(C)P(F)S. The largest absolute Gasteiger partial charge is 0.215 e. The first-order valence-electron chi connectivity index (χ1n) is 1.78. The highest BCUT2D eigenvalue weighted by Crippen LogP contribution is 2.46. The van der Waals surface area contributed by atoms with Crippen molar-refractivity contribution in [2.45, 2.75) is 19.5 Å². The fourth-order valence-corrected chi connectivity index (χ4v) is 0. The van der Waals surface area contributed by atoms with Gasteiger partial charge in [0.15, 0.2) is 0 Å². The smallest absolute Gasteiger partial charge is 0.141 e. The van der Waals surface area contributed by atoms with Gasteiger partial charge in [-0.3, -0.25) is 0 Å². The van der Waals surface area contributed by atoms with Gasteiger partial charge in [0.2, 0.25) is 0 Å². The highest BCUT2D eigenvalue weighted by atomic mass is 32.7. The van der Waals surface area contributed by atoms with Crippen molar-refractivity contribution in [1.29, 1.82) is 0 Å².